The van der Waals surface area contributed by atoms with Gasteiger partial charge >= 0.3 is 0 Å². The van der Waals surface area contributed by atoms with Crippen molar-refractivity contribution in [2.75, 3.05) is 0 Å². The van der Waals surface area contributed by atoms with E-state index in [0.29, 0.717) is 12.2 Å². The summed E-state index contributed by atoms with van der Waals surface area (Å²) in [7, 11) is 0. The van der Waals surface area contributed by atoms with Crippen molar-refractivity contribution in [2.45, 2.75) is 40.8 Å². The lowest BCUT2D eigenvalue weighted by Crippen LogP contribution is -2.23. The summed E-state index contributed by atoms with van der Waals surface area (Å²) < 4.78 is 1.75. The van der Waals surface area contributed by atoms with E-state index in [2.05, 4.69) is 48.3 Å². The standard InChI is InChI=1S/C18H22N4O/c1-5-22-7-6-16(21-22)18(23)19-10-14-8-11(2)9-15-12(3)13(4)20-17(14)15/h6-9,20H,5,10H2,1-4H3,(H,19,23). The minimum atomic E-state index is -0.146. The number of aromatic amines is 1. The van der Waals surface area contributed by atoms with Crippen LogP contribution in [0.15, 0.2) is 24.4 Å². The summed E-state index contributed by atoms with van der Waals surface area (Å²) >= 11 is 0. The third-order valence-corrected chi connectivity index (χ3v) is 4.28. The van der Waals surface area contributed by atoms with E-state index >= 15 is 0 Å². The molecule has 5 nitrogen and oxygen atoms in total. The molecule has 3 rings (SSSR count). The summed E-state index contributed by atoms with van der Waals surface area (Å²) in [4.78, 5) is 15.7. The van der Waals surface area contributed by atoms with Gasteiger partial charge in [0.1, 0.15) is 5.69 Å². The largest absolute Gasteiger partial charge is 0.358 e. The van der Waals surface area contributed by atoms with Crippen LogP contribution in [0.25, 0.3) is 10.9 Å². The zero-order valence-corrected chi connectivity index (χ0v) is 14.0. The van der Waals surface area contributed by atoms with Crippen molar-refractivity contribution >= 4 is 16.8 Å². The van der Waals surface area contributed by atoms with Crippen LogP contribution < -0.4 is 5.32 Å². The molecule has 0 bridgehead atoms. The third-order valence-electron chi connectivity index (χ3n) is 4.28. The number of benzene rings is 1. The predicted octanol–water partition coefficient (Wildman–Crippen LogP) is 3.24. The highest BCUT2D eigenvalue weighted by atomic mass is 16.1. The van der Waals surface area contributed by atoms with E-state index in [0.717, 1.165) is 17.6 Å². The van der Waals surface area contributed by atoms with Crippen molar-refractivity contribution in [3.63, 3.8) is 0 Å². The van der Waals surface area contributed by atoms with Gasteiger partial charge in [0, 0.05) is 30.4 Å². The number of H-pyrrole nitrogens is 1. The molecule has 0 spiro atoms. The highest BCUT2D eigenvalue weighted by Crippen LogP contribution is 2.26. The number of carbonyl (C=O) groups excluding carboxylic acids is 1. The smallest absolute Gasteiger partial charge is 0.272 e. The average molecular weight is 310 g/mol. The fraction of sp³-hybridized carbons (Fsp3) is 0.333. The second-order valence-corrected chi connectivity index (χ2v) is 5.96. The van der Waals surface area contributed by atoms with E-state index in [-0.39, 0.29) is 5.91 Å². The number of nitrogens with zero attached hydrogens (tertiary/aromatic N) is 2. The van der Waals surface area contributed by atoms with Crippen molar-refractivity contribution in [3.05, 3.63) is 52.5 Å². The highest BCUT2D eigenvalue weighted by Gasteiger charge is 2.12. The number of aryl methyl sites for hydroxylation is 4. The fourth-order valence-corrected chi connectivity index (χ4v) is 2.85. The molecule has 1 amide bonds. The fourth-order valence-electron chi connectivity index (χ4n) is 2.85. The number of fused-ring (bicyclic) bond motifs is 1. The molecule has 0 aliphatic carbocycles. The quantitative estimate of drug-likeness (QED) is 0.777. The summed E-state index contributed by atoms with van der Waals surface area (Å²) in [5, 5.41) is 8.43. The predicted molar refractivity (Wildman–Crippen MR) is 91.6 cm³/mol. The van der Waals surface area contributed by atoms with Crippen LogP contribution >= 0.6 is 0 Å². The lowest BCUT2D eigenvalue weighted by atomic mass is 10.0. The van der Waals surface area contributed by atoms with E-state index in [9.17, 15) is 4.79 Å². The van der Waals surface area contributed by atoms with Crippen LogP contribution in [-0.2, 0) is 13.1 Å². The molecule has 0 saturated carbocycles. The molecule has 0 saturated heterocycles. The summed E-state index contributed by atoms with van der Waals surface area (Å²) in [5.74, 6) is -0.146. The molecule has 0 atom stereocenters. The van der Waals surface area contributed by atoms with Crippen LogP contribution in [0.4, 0.5) is 0 Å². The van der Waals surface area contributed by atoms with Gasteiger partial charge in [0.15, 0.2) is 0 Å². The number of aromatic nitrogens is 3. The second-order valence-electron chi connectivity index (χ2n) is 5.96. The first-order valence-electron chi connectivity index (χ1n) is 7.89. The number of nitrogens with one attached hydrogen (secondary N) is 2. The van der Waals surface area contributed by atoms with Gasteiger partial charge in [0.2, 0.25) is 0 Å². The van der Waals surface area contributed by atoms with Gasteiger partial charge in [-0.1, -0.05) is 11.6 Å². The topological polar surface area (TPSA) is 62.7 Å². The van der Waals surface area contributed by atoms with Crippen molar-refractivity contribution < 1.29 is 4.79 Å². The zero-order valence-electron chi connectivity index (χ0n) is 14.0. The van der Waals surface area contributed by atoms with Crippen molar-refractivity contribution in [1.29, 1.82) is 0 Å². The van der Waals surface area contributed by atoms with Gasteiger partial charge in [-0.3, -0.25) is 9.48 Å². The maximum atomic E-state index is 12.2. The Morgan fingerprint density at radius 3 is 2.78 bits per heavy atom. The van der Waals surface area contributed by atoms with Gasteiger partial charge in [-0.05, 0) is 51.0 Å². The molecular weight excluding hydrogens is 288 g/mol. The van der Waals surface area contributed by atoms with Crippen molar-refractivity contribution in [1.82, 2.24) is 20.1 Å². The lowest BCUT2D eigenvalue weighted by Gasteiger charge is -2.07. The summed E-state index contributed by atoms with van der Waals surface area (Å²) in [5.41, 5.74) is 6.27. The minimum Gasteiger partial charge on any atom is -0.358 e. The van der Waals surface area contributed by atoms with E-state index < -0.39 is 0 Å². The average Bonchev–Trinajstić information content (AvgIpc) is 3.12. The molecule has 0 radical (unpaired) electrons. The zero-order chi connectivity index (χ0) is 16.6. The Bertz CT molecular complexity index is 873. The van der Waals surface area contributed by atoms with Crippen molar-refractivity contribution in [2.24, 2.45) is 0 Å². The molecule has 3 aromatic rings. The first-order valence-corrected chi connectivity index (χ1v) is 7.89. The second kappa shape index (κ2) is 5.91. The maximum Gasteiger partial charge on any atom is 0.272 e. The Balaban J connectivity index is 1.84. The number of hydrogen-bond acceptors (Lipinski definition) is 2. The van der Waals surface area contributed by atoms with E-state index in [1.54, 1.807) is 10.7 Å². The molecule has 0 unspecified atom stereocenters. The molecule has 120 valence electrons. The van der Waals surface area contributed by atoms with Crippen LogP contribution in [0.5, 0.6) is 0 Å². The Labute approximate surface area is 135 Å². The summed E-state index contributed by atoms with van der Waals surface area (Å²) in [6.07, 6.45) is 1.82. The molecule has 0 aliphatic heterocycles. The monoisotopic (exact) mass is 310 g/mol. The highest BCUT2D eigenvalue weighted by molar-refractivity contribution is 5.93. The lowest BCUT2D eigenvalue weighted by molar-refractivity contribution is 0.0945. The first kappa shape index (κ1) is 15.3. The van der Waals surface area contributed by atoms with Gasteiger partial charge in [-0.15, -0.1) is 0 Å². The normalized spacial score (nSPS) is 11.1. The van der Waals surface area contributed by atoms with Gasteiger partial charge in [0.05, 0.1) is 5.52 Å². The van der Waals surface area contributed by atoms with E-state index in [1.807, 2.05) is 13.1 Å². The molecule has 23 heavy (non-hydrogen) atoms. The maximum absolute atomic E-state index is 12.2. The molecule has 0 aliphatic rings. The molecule has 2 N–H and O–H groups in total. The molecule has 2 heterocycles. The minimum absolute atomic E-state index is 0.146. The Hall–Kier alpha value is -2.56. The van der Waals surface area contributed by atoms with Crippen LogP contribution in [0.1, 0.15) is 39.8 Å². The molecule has 2 aromatic heterocycles. The molecule has 5 heteroatoms. The van der Waals surface area contributed by atoms with E-state index in [1.165, 1.54) is 22.2 Å². The Morgan fingerprint density at radius 1 is 1.30 bits per heavy atom. The summed E-state index contributed by atoms with van der Waals surface area (Å²) in [6.45, 7) is 9.50. The number of amides is 1. The first-order chi connectivity index (χ1) is 11.0. The van der Waals surface area contributed by atoms with Gasteiger partial charge in [0.25, 0.3) is 5.91 Å². The van der Waals surface area contributed by atoms with Gasteiger partial charge in [-0.2, -0.15) is 5.10 Å². The van der Waals surface area contributed by atoms with Crippen LogP contribution in [0.3, 0.4) is 0 Å². The number of carbonyl (C=O) groups is 1. The SMILES string of the molecule is CCn1ccc(C(=O)NCc2cc(C)cc3c(C)c(C)[nH]c23)n1. The molecule has 0 fully saturated rings. The van der Waals surface area contributed by atoms with Crippen molar-refractivity contribution in [3.8, 4) is 0 Å². The molecular formula is C18H22N4O. The molecule has 1 aromatic carbocycles. The van der Waals surface area contributed by atoms with Gasteiger partial charge in [-0.25, -0.2) is 0 Å². The summed E-state index contributed by atoms with van der Waals surface area (Å²) in [6, 6.07) is 6.04. The number of rotatable bonds is 4. The Kier molecular flexibility index (Phi) is 3.94. The third kappa shape index (κ3) is 2.86. The number of hydrogen-bond donors (Lipinski definition) is 2. The Morgan fingerprint density at radius 2 is 2.09 bits per heavy atom. The van der Waals surface area contributed by atoms with Crippen LogP contribution in [0.2, 0.25) is 0 Å². The van der Waals surface area contributed by atoms with Crippen LogP contribution in [0, 0.1) is 20.8 Å². The van der Waals surface area contributed by atoms with E-state index in [4.69, 9.17) is 0 Å². The van der Waals surface area contributed by atoms with Gasteiger partial charge < -0.3 is 10.3 Å². The van der Waals surface area contributed by atoms with Crippen LogP contribution in [-0.4, -0.2) is 20.7 Å².